The predicted octanol–water partition coefficient (Wildman–Crippen LogP) is 2.18. The lowest BCUT2D eigenvalue weighted by Crippen LogP contribution is -2.18. The van der Waals surface area contributed by atoms with Crippen LogP contribution in [0.25, 0.3) is 0 Å². The summed E-state index contributed by atoms with van der Waals surface area (Å²) in [6.07, 6.45) is 0. The molecule has 84 valence electrons. The Balaban J connectivity index is 3.58. The van der Waals surface area contributed by atoms with E-state index < -0.39 is 17.7 Å². The molecule has 1 aromatic rings. The molecular formula is C9H4Br2O5. The SMILES string of the molecule is O=C(O)C(=O)c1c(Br)ccc(Br)c1C(=O)O. The van der Waals surface area contributed by atoms with Crippen LogP contribution in [-0.2, 0) is 4.79 Å². The van der Waals surface area contributed by atoms with E-state index >= 15 is 0 Å². The van der Waals surface area contributed by atoms with Crippen molar-refractivity contribution in [3.63, 3.8) is 0 Å². The second kappa shape index (κ2) is 4.75. The highest BCUT2D eigenvalue weighted by molar-refractivity contribution is 9.11. The molecule has 1 rings (SSSR count). The van der Waals surface area contributed by atoms with Gasteiger partial charge in [0.1, 0.15) is 0 Å². The highest BCUT2D eigenvalue weighted by Gasteiger charge is 2.26. The molecule has 1 aromatic carbocycles. The lowest BCUT2D eigenvalue weighted by atomic mass is 10.0. The van der Waals surface area contributed by atoms with Gasteiger partial charge in [-0.1, -0.05) is 15.9 Å². The zero-order valence-electron chi connectivity index (χ0n) is 7.53. The first-order valence-electron chi connectivity index (χ1n) is 3.85. The topological polar surface area (TPSA) is 91.7 Å². The Morgan fingerprint density at radius 1 is 0.938 bits per heavy atom. The standard InChI is InChI=1S/C9H4Br2O5/c10-3-1-2-4(11)6(8(13)14)5(3)7(12)9(15)16/h1-2H,(H,13,14)(H,15,16). The van der Waals surface area contributed by atoms with Gasteiger partial charge >= 0.3 is 11.9 Å². The summed E-state index contributed by atoms with van der Waals surface area (Å²) in [5.74, 6) is -4.36. The minimum Gasteiger partial charge on any atom is -0.478 e. The molecule has 0 unspecified atom stereocenters. The van der Waals surface area contributed by atoms with E-state index in [1.54, 1.807) is 0 Å². The fourth-order valence-electron chi connectivity index (χ4n) is 1.09. The van der Waals surface area contributed by atoms with E-state index in [2.05, 4.69) is 31.9 Å². The van der Waals surface area contributed by atoms with Crippen LogP contribution in [0.15, 0.2) is 21.1 Å². The molecule has 0 atom stereocenters. The van der Waals surface area contributed by atoms with E-state index in [4.69, 9.17) is 10.2 Å². The average molecular weight is 352 g/mol. The third-order valence-electron chi connectivity index (χ3n) is 1.74. The van der Waals surface area contributed by atoms with E-state index in [-0.39, 0.29) is 20.1 Å². The fourth-order valence-corrected chi connectivity index (χ4v) is 2.10. The first kappa shape index (κ1) is 12.9. The molecule has 5 nitrogen and oxygen atoms in total. The Morgan fingerprint density at radius 2 is 1.38 bits per heavy atom. The van der Waals surface area contributed by atoms with Crippen LogP contribution in [-0.4, -0.2) is 27.9 Å². The largest absolute Gasteiger partial charge is 0.478 e. The van der Waals surface area contributed by atoms with E-state index in [9.17, 15) is 14.4 Å². The van der Waals surface area contributed by atoms with Crippen molar-refractivity contribution < 1.29 is 24.6 Å². The number of hydrogen-bond donors (Lipinski definition) is 2. The summed E-state index contributed by atoms with van der Waals surface area (Å²) in [6, 6.07) is 2.80. The Bertz CT molecular complexity index is 495. The van der Waals surface area contributed by atoms with Crippen molar-refractivity contribution in [2.75, 3.05) is 0 Å². The zero-order chi connectivity index (χ0) is 12.5. The zero-order valence-corrected chi connectivity index (χ0v) is 10.7. The first-order valence-corrected chi connectivity index (χ1v) is 5.43. The summed E-state index contributed by atoms with van der Waals surface area (Å²) in [6.45, 7) is 0. The van der Waals surface area contributed by atoms with Gasteiger partial charge in [-0.05, 0) is 28.1 Å². The fraction of sp³-hybridized carbons (Fsp3) is 0. The molecule has 0 fully saturated rings. The number of carbonyl (C=O) groups excluding carboxylic acids is 1. The van der Waals surface area contributed by atoms with Crippen molar-refractivity contribution in [1.82, 2.24) is 0 Å². The summed E-state index contributed by atoms with van der Waals surface area (Å²) in [4.78, 5) is 32.8. The van der Waals surface area contributed by atoms with Gasteiger partial charge in [0.25, 0.3) is 5.78 Å². The summed E-state index contributed by atoms with van der Waals surface area (Å²) >= 11 is 5.90. The van der Waals surface area contributed by atoms with Gasteiger partial charge in [0.2, 0.25) is 0 Å². The molecule has 0 aromatic heterocycles. The van der Waals surface area contributed by atoms with Crippen molar-refractivity contribution in [1.29, 1.82) is 0 Å². The van der Waals surface area contributed by atoms with E-state index in [0.29, 0.717) is 0 Å². The molecule has 2 N–H and O–H groups in total. The van der Waals surface area contributed by atoms with Gasteiger partial charge in [0.05, 0.1) is 11.1 Å². The summed E-state index contributed by atoms with van der Waals surface area (Å²) in [5, 5.41) is 17.5. The number of aliphatic carboxylic acids is 1. The van der Waals surface area contributed by atoms with Crippen LogP contribution >= 0.6 is 31.9 Å². The number of carbonyl (C=O) groups is 3. The molecule has 0 aliphatic carbocycles. The molecule has 0 aliphatic heterocycles. The maximum atomic E-state index is 11.3. The van der Waals surface area contributed by atoms with Gasteiger partial charge in [-0.15, -0.1) is 0 Å². The molecule has 0 saturated heterocycles. The molecule has 0 amide bonds. The molecule has 0 heterocycles. The Hall–Kier alpha value is -1.21. The molecule has 0 saturated carbocycles. The second-order valence-electron chi connectivity index (χ2n) is 2.72. The number of ketones is 1. The minimum atomic E-state index is -1.71. The third kappa shape index (κ3) is 2.30. The van der Waals surface area contributed by atoms with Crippen molar-refractivity contribution >= 4 is 49.6 Å². The first-order chi connectivity index (χ1) is 7.36. The number of halogens is 2. The smallest absolute Gasteiger partial charge is 0.377 e. The molecule has 0 bridgehead atoms. The van der Waals surface area contributed by atoms with Crippen LogP contribution in [0.4, 0.5) is 0 Å². The van der Waals surface area contributed by atoms with Crippen LogP contribution in [0.3, 0.4) is 0 Å². The summed E-state index contributed by atoms with van der Waals surface area (Å²) < 4.78 is 0.272. The molecular weight excluding hydrogens is 348 g/mol. The summed E-state index contributed by atoms with van der Waals surface area (Å²) in [5.41, 5.74) is -0.754. The highest BCUT2D eigenvalue weighted by Crippen LogP contribution is 2.28. The Labute approximate surface area is 106 Å². The molecule has 16 heavy (non-hydrogen) atoms. The predicted molar refractivity (Wildman–Crippen MR) is 60.8 cm³/mol. The molecule has 7 heteroatoms. The monoisotopic (exact) mass is 350 g/mol. The van der Waals surface area contributed by atoms with Crippen LogP contribution in [0.2, 0.25) is 0 Å². The number of carboxylic acid groups (broad SMARTS) is 2. The molecule has 0 radical (unpaired) electrons. The third-order valence-corrected chi connectivity index (χ3v) is 3.06. The van der Waals surface area contributed by atoms with Gasteiger partial charge in [0.15, 0.2) is 0 Å². The van der Waals surface area contributed by atoms with Crippen LogP contribution in [0.5, 0.6) is 0 Å². The summed E-state index contributed by atoms with van der Waals surface area (Å²) in [7, 11) is 0. The quantitative estimate of drug-likeness (QED) is 0.643. The van der Waals surface area contributed by atoms with Crippen molar-refractivity contribution in [2.24, 2.45) is 0 Å². The lowest BCUT2D eigenvalue weighted by molar-refractivity contribution is -0.131. The highest BCUT2D eigenvalue weighted by atomic mass is 79.9. The van der Waals surface area contributed by atoms with E-state index in [1.165, 1.54) is 12.1 Å². The van der Waals surface area contributed by atoms with E-state index in [1.807, 2.05) is 0 Å². The average Bonchev–Trinajstić information content (AvgIpc) is 2.19. The lowest BCUT2D eigenvalue weighted by Gasteiger charge is -2.07. The second-order valence-corrected chi connectivity index (χ2v) is 4.43. The van der Waals surface area contributed by atoms with E-state index in [0.717, 1.165) is 0 Å². The van der Waals surface area contributed by atoms with Crippen LogP contribution < -0.4 is 0 Å². The van der Waals surface area contributed by atoms with Crippen molar-refractivity contribution in [3.05, 3.63) is 32.2 Å². The van der Waals surface area contributed by atoms with Gasteiger partial charge in [-0.25, -0.2) is 9.59 Å². The molecule has 0 spiro atoms. The maximum absolute atomic E-state index is 11.3. The normalized spacial score (nSPS) is 9.88. The number of rotatable bonds is 3. The van der Waals surface area contributed by atoms with Gasteiger partial charge in [-0.2, -0.15) is 0 Å². The molecule has 0 aliphatic rings. The van der Waals surface area contributed by atoms with Gasteiger partial charge in [-0.3, -0.25) is 4.79 Å². The number of Topliss-reactive ketones (excluding diaryl/α,β-unsaturated/α-hetero) is 1. The van der Waals surface area contributed by atoms with Crippen LogP contribution in [0.1, 0.15) is 20.7 Å². The van der Waals surface area contributed by atoms with Gasteiger partial charge in [0, 0.05) is 8.95 Å². The Morgan fingerprint density at radius 3 is 1.75 bits per heavy atom. The maximum Gasteiger partial charge on any atom is 0.377 e. The number of carboxylic acids is 2. The number of benzene rings is 1. The Kier molecular flexibility index (Phi) is 3.82. The van der Waals surface area contributed by atoms with Crippen LogP contribution in [0, 0.1) is 0 Å². The van der Waals surface area contributed by atoms with Gasteiger partial charge < -0.3 is 10.2 Å². The minimum absolute atomic E-state index is 0.125. The number of aromatic carboxylic acids is 1. The number of hydrogen-bond acceptors (Lipinski definition) is 3. The van der Waals surface area contributed by atoms with Crippen molar-refractivity contribution in [2.45, 2.75) is 0 Å². The van der Waals surface area contributed by atoms with Crippen molar-refractivity contribution in [3.8, 4) is 0 Å².